The highest BCUT2D eigenvalue weighted by molar-refractivity contribution is 9.10. The van der Waals surface area contributed by atoms with Crippen LogP contribution in [-0.4, -0.2) is 12.0 Å². The zero-order valence-corrected chi connectivity index (χ0v) is 15.3. The molecule has 0 aliphatic rings. The number of carbonyl (C=O) groups excluding carboxylic acids is 1. The average molecular weight is 402 g/mol. The van der Waals surface area contributed by atoms with Gasteiger partial charge in [0.15, 0.2) is 6.10 Å². The molecule has 2 aromatic carbocycles. The van der Waals surface area contributed by atoms with Gasteiger partial charge in [0.2, 0.25) is 0 Å². The third-order valence-electron chi connectivity index (χ3n) is 3.72. The fourth-order valence-corrected chi connectivity index (χ4v) is 2.68. The first-order valence-corrected chi connectivity index (χ1v) is 8.49. The molecule has 0 saturated heterocycles. The summed E-state index contributed by atoms with van der Waals surface area (Å²) in [7, 11) is 0. The highest BCUT2D eigenvalue weighted by atomic mass is 79.9. The zero-order valence-electron chi connectivity index (χ0n) is 13.7. The zero-order chi connectivity index (χ0) is 18.0. The molecule has 1 amide bonds. The molecular formula is C19H16BrNO4. The van der Waals surface area contributed by atoms with Crippen molar-refractivity contribution < 1.29 is 13.9 Å². The third-order valence-corrected chi connectivity index (χ3v) is 4.25. The van der Waals surface area contributed by atoms with Crippen LogP contribution >= 0.6 is 15.9 Å². The minimum Gasteiger partial charge on any atom is -0.481 e. The standard InChI is InChI=1S/C19H16BrNO4/c1-11-9-18(22)25-17-10-15(7-8-16(11)17)24-12(2)19(23)21-14-5-3-13(20)4-6-14/h3-10,12H,1-2H3,(H,21,23)/t12-/m1/s1. The fraction of sp³-hybridized carbons (Fsp3) is 0.158. The van der Waals surface area contributed by atoms with Crippen molar-refractivity contribution in [2.45, 2.75) is 20.0 Å². The van der Waals surface area contributed by atoms with Crippen molar-refractivity contribution in [2.24, 2.45) is 0 Å². The normalized spacial score (nSPS) is 12.0. The Bertz CT molecular complexity index is 979. The Morgan fingerprint density at radius 3 is 2.60 bits per heavy atom. The van der Waals surface area contributed by atoms with Crippen LogP contribution in [0.15, 0.2) is 62.2 Å². The van der Waals surface area contributed by atoms with E-state index in [0.717, 1.165) is 15.4 Å². The Balaban J connectivity index is 1.74. The van der Waals surface area contributed by atoms with Crippen molar-refractivity contribution in [3.63, 3.8) is 0 Å². The Morgan fingerprint density at radius 2 is 1.88 bits per heavy atom. The van der Waals surface area contributed by atoms with Gasteiger partial charge in [0, 0.05) is 27.7 Å². The summed E-state index contributed by atoms with van der Waals surface area (Å²) in [6.45, 7) is 3.50. The van der Waals surface area contributed by atoms with Crippen LogP contribution in [0, 0.1) is 6.92 Å². The van der Waals surface area contributed by atoms with Gasteiger partial charge in [-0.2, -0.15) is 0 Å². The lowest BCUT2D eigenvalue weighted by Gasteiger charge is -2.15. The smallest absolute Gasteiger partial charge is 0.336 e. The number of amides is 1. The molecule has 0 unspecified atom stereocenters. The van der Waals surface area contributed by atoms with E-state index in [4.69, 9.17) is 9.15 Å². The third kappa shape index (κ3) is 4.09. The molecule has 3 aromatic rings. The van der Waals surface area contributed by atoms with E-state index in [0.29, 0.717) is 17.0 Å². The summed E-state index contributed by atoms with van der Waals surface area (Å²) >= 11 is 3.35. The lowest BCUT2D eigenvalue weighted by atomic mass is 10.1. The van der Waals surface area contributed by atoms with Gasteiger partial charge in [0.1, 0.15) is 11.3 Å². The van der Waals surface area contributed by atoms with Gasteiger partial charge in [-0.1, -0.05) is 15.9 Å². The monoisotopic (exact) mass is 401 g/mol. The molecule has 0 spiro atoms. The van der Waals surface area contributed by atoms with Crippen molar-refractivity contribution >= 4 is 38.5 Å². The van der Waals surface area contributed by atoms with Crippen LogP contribution in [0.2, 0.25) is 0 Å². The number of hydrogen-bond donors (Lipinski definition) is 1. The number of ether oxygens (including phenoxy) is 1. The highest BCUT2D eigenvalue weighted by Crippen LogP contribution is 2.23. The molecule has 0 bridgehead atoms. The van der Waals surface area contributed by atoms with Crippen LogP contribution in [-0.2, 0) is 4.79 Å². The quantitative estimate of drug-likeness (QED) is 0.662. The molecule has 6 heteroatoms. The fourth-order valence-electron chi connectivity index (χ4n) is 2.41. The summed E-state index contributed by atoms with van der Waals surface area (Å²) in [6.07, 6.45) is -0.711. The van der Waals surface area contributed by atoms with E-state index in [1.54, 1.807) is 31.2 Å². The van der Waals surface area contributed by atoms with Crippen LogP contribution in [0.3, 0.4) is 0 Å². The number of carbonyl (C=O) groups is 1. The van der Waals surface area contributed by atoms with Crippen LogP contribution in [0.4, 0.5) is 5.69 Å². The minimum atomic E-state index is -0.711. The van der Waals surface area contributed by atoms with Crippen LogP contribution in [0.5, 0.6) is 5.75 Å². The Kier molecular flexibility index (Phi) is 4.90. The van der Waals surface area contributed by atoms with Crippen molar-refractivity contribution in [3.8, 4) is 5.75 Å². The van der Waals surface area contributed by atoms with Gasteiger partial charge in [0.05, 0.1) is 0 Å². The number of halogens is 1. The van der Waals surface area contributed by atoms with Crippen LogP contribution < -0.4 is 15.7 Å². The molecule has 5 nitrogen and oxygen atoms in total. The van der Waals surface area contributed by atoms with Crippen LogP contribution in [0.1, 0.15) is 12.5 Å². The molecule has 1 heterocycles. The number of aryl methyl sites for hydroxylation is 1. The lowest BCUT2D eigenvalue weighted by molar-refractivity contribution is -0.122. The largest absolute Gasteiger partial charge is 0.481 e. The first-order chi connectivity index (χ1) is 11.9. The van der Waals surface area contributed by atoms with Gasteiger partial charge in [-0.15, -0.1) is 0 Å². The number of rotatable bonds is 4. The van der Waals surface area contributed by atoms with Crippen molar-refractivity contribution in [2.75, 3.05) is 5.32 Å². The predicted octanol–water partition coefficient (Wildman–Crippen LogP) is 4.27. The minimum absolute atomic E-state index is 0.270. The summed E-state index contributed by atoms with van der Waals surface area (Å²) in [5.41, 5.74) is 1.54. The second kappa shape index (κ2) is 7.11. The number of anilines is 1. The van der Waals surface area contributed by atoms with E-state index in [1.165, 1.54) is 6.07 Å². The van der Waals surface area contributed by atoms with Gasteiger partial charge in [-0.05, 0) is 55.8 Å². The summed E-state index contributed by atoms with van der Waals surface area (Å²) in [5.74, 6) is 0.188. The van der Waals surface area contributed by atoms with E-state index in [2.05, 4.69) is 21.2 Å². The van der Waals surface area contributed by atoms with Crippen molar-refractivity contribution in [1.29, 1.82) is 0 Å². The summed E-state index contributed by atoms with van der Waals surface area (Å²) in [5, 5.41) is 3.62. The lowest BCUT2D eigenvalue weighted by Crippen LogP contribution is -2.30. The first-order valence-electron chi connectivity index (χ1n) is 7.70. The molecule has 0 fully saturated rings. The van der Waals surface area contributed by atoms with Gasteiger partial charge < -0.3 is 14.5 Å². The van der Waals surface area contributed by atoms with Gasteiger partial charge in [0.25, 0.3) is 5.91 Å². The molecule has 0 aliphatic heterocycles. The Morgan fingerprint density at radius 1 is 1.16 bits per heavy atom. The van der Waals surface area contributed by atoms with E-state index >= 15 is 0 Å². The highest BCUT2D eigenvalue weighted by Gasteiger charge is 2.15. The number of fused-ring (bicyclic) bond motifs is 1. The molecule has 1 aromatic heterocycles. The average Bonchev–Trinajstić information content (AvgIpc) is 2.56. The van der Waals surface area contributed by atoms with E-state index in [-0.39, 0.29) is 5.91 Å². The first kappa shape index (κ1) is 17.2. The Hall–Kier alpha value is -2.60. The maximum Gasteiger partial charge on any atom is 0.336 e. The van der Waals surface area contributed by atoms with E-state index in [9.17, 15) is 9.59 Å². The van der Waals surface area contributed by atoms with E-state index < -0.39 is 11.7 Å². The number of benzene rings is 2. The van der Waals surface area contributed by atoms with Gasteiger partial charge in [-0.3, -0.25) is 4.79 Å². The number of nitrogens with one attached hydrogen (secondary N) is 1. The summed E-state index contributed by atoms with van der Waals surface area (Å²) < 4.78 is 11.8. The molecule has 0 aliphatic carbocycles. The van der Waals surface area contributed by atoms with Gasteiger partial charge in [-0.25, -0.2) is 4.79 Å². The molecule has 128 valence electrons. The summed E-state index contributed by atoms with van der Waals surface area (Å²) in [6, 6.07) is 13.9. The molecule has 1 N–H and O–H groups in total. The topological polar surface area (TPSA) is 68.5 Å². The second-order valence-corrected chi connectivity index (χ2v) is 6.58. The second-order valence-electron chi connectivity index (χ2n) is 5.66. The maximum atomic E-state index is 12.3. The van der Waals surface area contributed by atoms with E-state index in [1.807, 2.05) is 25.1 Å². The van der Waals surface area contributed by atoms with Gasteiger partial charge >= 0.3 is 5.63 Å². The predicted molar refractivity (Wildman–Crippen MR) is 100 cm³/mol. The molecule has 1 atom stereocenters. The van der Waals surface area contributed by atoms with Crippen molar-refractivity contribution in [1.82, 2.24) is 0 Å². The molecule has 0 radical (unpaired) electrons. The van der Waals surface area contributed by atoms with Crippen LogP contribution in [0.25, 0.3) is 11.0 Å². The molecular weight excluding hydrogens is 386 g/mol. The SMILES string of the molecule is Cc1cc(=O)oc2cc(O[C@H](C)C(=O)Nc3ccc(Br)cc3)ccc12. The number of hydrogen-bond acceptors (Lipinski definition) is 4. The van der Waals surface area contributed by atoms with Crippen molar-refractivity contribution in [3.05, 3.63) is 69.0 Å². The Labute approximate surface area is 152 Å². The maximum absolute atomic E-state index is 12.3. The molecule has 3 rings (SSSR count). The molecule has 25 heavy (non-hydrogen) atoms. The summed E-state index contributed by atoms with van der Waals surface area (Å²) in [4.78, 5) is 23.8. The molecule has 0 saturated carbocycles.